The summed E-state index contributed by atoms with van der Waals surface area (Å²) < 4.78 is 2.12. The van der Waals surface area contributed by atoms with Gasteiger partial charge in [-0.15, -0.1) is 0 Å². The smallest absolute Gasteiger partial charge is 0.169 e. The van der Waals surface area contributed by atoms with Crippen molar-refractivity contribution in [2.75, 3.05) is 0 Å². The molecule has 0 saturated heterocycles. The number of carbonyl (C=O) groups is 2. The summed E-state index contributed by atoms with van der Waals surface area (Å²) in [5, 5.41) is 4.67. The Morgan fingerprint density at radius 3 is 2.14 bits per heavy atom. The highest BCUT2D eigenvalue weighted by atomic mass is 28.3. The Balaban J connectivity index is 2.82. The van der Waals surface area contributed by atoms with Crippen LogP contribution in [0, 0.1) is 0 Å². The van der Waals surface area contributed by atoms with Gasteiger partial charge in [-0.25, -0.2) is 0 Å². The van der Waals surface area contributed by atoms with Crippen molar-refractivity contribution >= 4 is 25.5 Å². The fourth-order valence-electron chi connectivity index (χ4n) is 2.05. The summed E-state index contributed by atoms with van der Waals surface area (Å²) in [5.41, 5.74) is 1.97. The molecule has 0 aromatic heterocycles. The molecule has 0 aliphatic carbocycles. The van der Waals surface area contributed by atoms with Crippen molar-refractivity contribution in [3.63, 3.8) is 0 Å². The van der Waals surface area contributed by atoms with Crippen molar-refractivity contribution in [1.82, 2.24) is 4.67 Å². The molecule has 4 nitrogen and oxygen atoms in total. The van der Waals surface area contributed by atoms with Gasteiger partial charge in [-0.3, -0.25) is 9.59 Å². The number of rotatable bonds is 8. The SMILES string of the molecule is CC(=O)CC(=O)CC(C)=NN(Cc1ccccc1)[Si](C)(C)C. The number of hydrazone groups is 1. The van der Waals surface area contributed by atoms with Gasteiger partial charge in [0.15, 0.2) is 8.24 Å². The lowest BCUT2D eigenvalue weighted by atomic mass is 10.1. The summed E-state index contributed by atoms with van der Waals surface area (Å²) in [4.78, 5) is 22.7. The zero-order valence-electron chi connectivity index (χ0n) is 14.2. The average molecular weight is 318 g/mol. The van der Waals surface area contributed by atoms with Crippen molar-refractivity contribution in [3.05, 3.63) is 35.9 Å². The highest BCUT2D eigenvalue weighted by Crippen LogP contribution is 2.15. The van der Waals surface area contributed by atoms with Crippen LogP contribution in [0.1, 0.15) is 32.3 Å². The Morgan fingerprint density at radius 1 is 1.05 bits per heavy atom. The van der Waals surface area contributed by atoms with Gasteiger partial charge in [-0.1, -0.05) is 50.0 Å². The van der Waals surface area contributed by atoms with Gasteiger partial charge < -0.3 is 4.67 Å². The van der Waals surface area contributed by atoms with Crippen molar-refractivity contribution in [2.24, 2.45) is 5.10 Å². The fourth-order valence-corrected chi connectivity index (χ4v) is 3.17. The van der Waals surface area contributed by atoms with E-state index in [0.717, 1.165) is 12.3 Å². The maximum Gasteiger partial charge on any atom is 0.169 e. The summed E-state index contributed by atoms with van der Waals surface area (Å²) in [6, 6.07) is 10.2. The van der Waals surface area contributed by atoms with E-state index >= 15 is 0 Å². The minimum atomic E-state index is -1.65. The van der Waals surface area contributed by atoms with Crippen molar-refractivity contribution in [1.29, 1.82) is 0 Å². The van der Waals surface area contributed by atoms with E-state index in [0.29, 0.717) is 0 Å². The normalized spacial score (nSPS) is 12.1. The number of hydrogen-bond donors (Lipinski definition) is 0. The van der Waals surface area contributed by atoms with E-state index in [9.17, 15) is 9.59 Å². The summed E-state index contributed by atoms with van der Waals surface area (Å²) in [5.74, 6) is -0.159. The standard InChI is InChI=1S/C17H26N2O2Si/c1-14(11-17(21)12-15(2)20)18-19(22(3,4)5)13-16-9-7-6-8-10-16/h6-10H,11-13H2,1-5H3. The van der Waals surface area contributed by atoms with E-state index in [1.807, 2.05) is 25.1 Å². The molecule has 0 aliphatic rings. The summed E-state index contributed by atoms with van der Waals surface area (Å²) in [6.45, 7) is 10.7. The monoisotopic (exact) mass is 318 g/mol. The molecule has 0 aliphatic heterocycles. The van der Waals surface area contributed by atoms with E-state index in [4.69, 9.17) is 0 Å². The molecule has 0 saturated carbocycles. The molecule has 0 heterocycles. The van der Waals surface area contributed by atoms with Gasteiger partial charge in [0.05, 0.1) is 13.0 Å². The largest absolute Gasteiger partial charge is 0.320 e. The first kappa shape index (κ1) is 18.3. The second-order valence-corrected chi connectivity index (χ2v) is 11.5. The topological polar surface area (TPSA) is 49.7 Å². The van der Waals surface area contributed by atoms with Crippen LogP contribution in [0.2, 0.25) is 19.6 Å². The molecule has 0 amide bonds. The summed E-state index contributed by atoms with van der Waals surface area (Å²) >= 11 is 0. The molecule has 0 atom stereocenters. The first-order valence-electron chi connectivity index (χ1n) is 7.55. The quantitative estimate of drug-likeness (QED) is 0.318. The minimum Gasteiger partial charge on any atom is -0.320 e. The molecule has 0 N–H and O–H groups in total. The second-order valence-electron chi connectivity index (χ2n) is 6.64. The number of Topliss-reactive ketones (excluding diaryl/α,β-unsaturated/α-hetero) is 2. The Bertz CT molecular complexity index is 548. The van der Waals surface area contributed by atoms with Crippen LogP contribution in [0.15, 0.2) is 35.4 Å². The van der Waals surface area contributed by atoms with Gasteiger partial charge in [0.2, 0.25) is 0 Å². The molecular weight excluding hydrogens is 292 g/mol. The van der Waals surface area contributed by atoms with Crippen LogP contribution < -0.4 is 0 Å². The Labute approximate surface area is 134 Å². The van der Waals surface area contributed by atoms with E-state index < -0.39 is 8.24 Å². The van der Waals surface area contributed by atoms with Gasteiger partial charge in [0, 0.05) is 12.1 Å². The molecule has 1 aromatic rings. The van der Waals surface area contributed by atoms with Crippen molar-refractivity contribution in [2.45, 2.75) is 52.9 Å². The van der Waals surface area contributed by atoms with E-state index in [2.05, 4.69) is 41.5 Å². The van der Waals surface area contributed by atoms with Crippen LogP contribution in [0.4, 0.5) is 0 Å². The fraction of sp³-hybridized carbons (Fsp3) is 0.471. The summed E-state index contributed by atoms with van der Waals surface area (Å²) in [7, 11) is -1.65. The van der Waals surface area contributed by atoms with Gasteiger partial charge >= 0.3 is 0 Å². The maximum atomic E-state index is 11.7. The average Bonchev–Trinajstić information content (AvgIpc) is 2.36. The van der Waals surface area contributed by atoms with Crippen LogP contribution in [0.5, 0.6) is 0 Å². The van der Waals surface area contributed by atoms with E-state index in [-0.39, 0.29) is 24.4 Å². The first-order valence-corrected chi connectivity index (χ1v) is 11.0. The Morgan fingerprint density at radius 2 is 1.64 bits per heavy atom. The highest BCUT2D eigenvalue weighted by molar-refractivity contribution is 6.73. The zero-order chi connectivity index (χ0) is 16.8. The van der Waals surface area contributed by atoms with Crippen molar-refractivity contribution < 1.29 is 9.59 Å². The second kappa shape index (κ2) is 8.03. The zero-order valence-corrected chi connectivity index (χ0v) is 15.2. The van der Waals surface area contributed by atoms with Gasteiger partial charge in [-0.2, -0.15) is 5.10 Å². The maximum absolute atomic E-state index is 11.7. The lowest BCUT2D eigenvalue weighted by Crippen LogP contribution is -2.42. The van der Waals surface area contributed by atoms with Crippen LogP contribution in [-0.4, -0.2) is 30.2 Å². The predicted octanol–water partition coefficient (Wildman–Crippen LogP) is 3.64. The molecule has 1 rings (SSSR count). The van der Waals surface area contributed by atoms with Crippen LogP contribution >= 0.6 is 0 Å². The molecule has 0 spiro atoms. The van der Waals surface area contributed by atoms with Gasteiger partial charge in [0.1, 0.15) is 11.6 Å². The molecule has 5 heteroatoms. The number of nitrogens with zero attached hydrogens (tertiary/aromatic N) is 2. The van der Waals surface area contributed by atoms with E-state index in [1.54, 1.807) is 0 Å². The van der Waals surface area contributed by atoms with Crippen LogP contribution in [0.25, 0.3) is 0 Å². The number of ketones is 2. The van der Waals surface area contributed by atoms with Crippen LogP contribution in [0.3, 0.4) is 0 Å². The lowest BCUT2D eigenvalue weighted by Gasteiger charge is -2.32. The van der Waals surface area contributed by atoms with Gasteiger partial charge in [-0.05, 0) is 19.4 Å². The number of carbonyl (C=O) groups excluding carboxylic acids is 2. The number of hydrogen-bond acceptors (Lipinski definition) is 4. The minimum absolute atomic E-state index is 0.00150. The highest BCUT2D eigenvalue weighted by Gasteiger charge is 2.23. The Hall–Kier alpha value is -1.75. The van der Waals surface area contributed by atoms with Gasteiger partial charge in [0.25, 0.3) is 0 Å². The molecule has 0 fully saturated rings. The third-order valence-electron chi connectivity index (χ3n) is 3.14. The molecule has 1 aromatic carbocycles. The summed E-state index contributed by atoms with van der Waals surface area (Å²) in [6.07, 6.45) is 0.244. The van der Waals surface area contributed by atoms with Crippen LogP contribution in [-0.2, 0) is 16.1 Å². The lowest BCUT2D eigenvalue weighted by molar-refractivity contribution is -0.125. The third-order valence-corrected chi connectivity index (χ3v) is 4.95. The van der Waals surface area contributed by atoms with E-state index in [1.165, 1.54) is 12.5 Å². The predicted molar refractivity (Wildman–Crippen MR) is 93.4 cm³/mol. The number of benzene rings is 1. The molecule has 0 bridgehead atoms. The first-order chi connectivity index (χ1) is 10.2. The third kappa shape index (κ3) is 6.80. The Kier molecular flexibility index (Phi) is 6.68. The molecule has 22 heavy (non-hydrogen) atoms. The molecule has 0 radical (unpaired) electrons. The molecule has 120 valence electrons. The van der Waals surface area contributed by atoms with Crippen molar-refractivity contribution in [3.8, 4) is 0 Å². The molecule has 0 unspecified atom stereocenters. The molecular formula is C17H26N2O2Si.